The standard InChI is InChI=1S/C25H32N2O3/c28-6-3-7-30-25-11-16-8-17(12-25)24(18(9-16)13-25)23(29)10-21-19-4-1-2-5-20(19)22-14-26-15-27(21)22/h1-2,4-5,14-18,21,23-24,28-29H,3,6-13H2/t16?,17?,18?,21?,23-,24?,25?/m0/s1. The van der Waals surface area contributed by atoms with Crippen LogP contribution in [0.2, 0.25) is 0 Å². The minimum absolute atomic E-state index is 0.0133. The maximum atomic E-state index is 11.5. The van der Waals surface area contributed by atoms with Crippen LogP contribution in [-0.2, 0) is 4.74 Å². The zero-order valence-corrected chi connectivity index (χ0v) is 17.5. The fourth-order valence-electron chi connectivity index (χ4n) is 7.71. The highest BCUT2D eigenvalue weighted by atomic mass is 16.5. The van der Waals surface area contributed by atoms with Crippen molar-refractivity contribution in [3.63, 3.8) is 0 Å². The minimum atomic E-state index is -0.291. The molecule has 1 aliphatic heterocycles. The number of fused-ring (bicyclic) bond motifs is 3. The van der Waals surface area contributed by atoms with Crippen LogP contribution in [0.3, 0.4) is 0 Å². The molecule has 0 radical (unpaired) electrons. The van der Waals surface area contributed by atoms with Gasteiger partial charge in [-0.25, -0.2) is 4.98 Å². The van der Waals surface area contributed by atoms with Gasteiger partial charge < -0.3 is 19.5 Å². The van der Waals surface area contributed by atoms with Crippen molar-refractivity contribution in [2.45, 2.75) is 62.7 Å². The van der Waals surface area contributed by atoms with Crippen molar-refractivity contribution >= 4 is 0 Å². The Kier molecular flexibility index (Phi) is 4.55. The van der Waals surface area contributed by atoms with Crippen molar-refractivity contribution in [1.82, 2.24) is 9.55 Å². The van der Waals surface area contributed by atoms with Crippen LogP contribution in [0.5, 0.6) is 0 Å². The van der Waals surface area contributed by atoms with Crippen LogP contribution < -0.4 is 0 Å². The second-order valence-electron chi connectivity index (χ2n) is 10.2. The summed E-state index contributed by atoms with van der Waals surface area (Å²) in [6.45, 7) is 0.866. The Bertz CT molecular complexity index is 909. The summed E-state index contributed by atoms with van der Waals surface area (Å²) in [5, 5.41) is 20.7. The lowest BCUT2D eigenvalue weighted by Crippen LogP contribution is -2.58. The highest BCUT2D eigenvalue weighted by Crippen LogP contribution is 2.61. The van der Waals surface area contributed by atoms with E-state index in [1.807, 2.05) is 12.5 Å². The summed E-state index contributed by atoms with van der Waals surface area (Å²) in [5.74, 6) is 2.28. The molecule has 4 fully saturated rings. The molecule has 160 valence electrons. The molecule has 5 aliphatic rings. The number of benzene rings is 1. The Balaban J connectivity index is 1.21. The zero-order valence-electron chi connectivity index (χ0n) is 17.5. The van der Waals surface area contributed by atoms with Crippen LogP contribution in [0.4, 0.5) is 0 Å². The van der Waals surface area contributed by atoms with E-state index in [4.69, 9.17) is 9.84 Å². The molecule has 4 atom stereocenters. The molecule has 4 aliphatic carbocycles. The highest BCUT2D eigenvalue weighted by Gasteiger charge is 2.57. The van der Waals surface area contributed by atoms with Gasteiger partial charge in [0.1, 0.15) is 0 Å². The van der Waals surface area contributed by atoms with Gasteiger partial charge in [0.2, 0.25) is 0 Å². The summed E-state index contributed by atoms with van der Waals surface area (Å²) < 4.78 is 8.63. The lowest BCUT2D eigenvalue weighted by atomic mass is 9.49. The van der Waals surface area contributed by atoms with Crippen LogP contribution in [0.15, 0.2) is 36.8 Å². The first-order valence-electron chi connectivity index (χ1n) is 11.7. The van der Waals surface area contributed by atoms with Crippen molar-refractivity contribution < 1.29 is 14.9 Å². The van der Waals surface area contributed by atoms with E-state index in [0.29, 0.717) is 24.4 Å². The first kappa shape index (κ1) is 19.0. The van der Waals surface area contributed by atoms with E-state index in [0.717, 1.165) is 31.6 Å². The number of rotatable bonds is 7. The van der Waals surface area contributed by atoms with Crippen LogP contribution >= 0.6 is 0 Å². The zero-order chi connectivity index (χ0) is 20.3. The third-order valence-corrected chi connectivity index (χ3v) is 8.51. The molecule has 0 amide bonds. The predicted molar refractivity (Wildman–Crippen MR) is 114 cm³/mol. The molecule has 7 rings (SSSR count). The van der Waals surface area contributed by atoms with E-state index < -0.39 is 0 Å². The second kappa shape index (κ2) is 7.18. The molecular formula is C25H32N2O3. The van der Waals surface area contributed by atoms with Crippen LogP contribution in [0, 0.1) is 23.7 Å². The molecular weight excluding hydrogens is 376 g/mol. The van der Waals surface area contributed by atoms with Gasteiger partial charge in [-0.1, -0.05) is 24.3 Å². The van der Waals surface area contributed by atoms with E-state index in [-0.39, 0.29) is 24.4 Å². The molecule has 5 nitrogen and oxygen atoms in total. The monoisotopic (exact) mass is 408 g/mol. The topological polar surface area (TPSA) is 67.5 Å². The Labute approximate surface area is 178 Å². The number of hydrogen-bond acceptors (Lipinski definition) is 4. The Morgan fingerprint density at radius 2 is 1.97 bits per heavy atom. The van der Waals surface area contributed by atoms with E-state index in [9.17, 15) is 5.11 Å². The number of aliphatic hydroxyl groups is 2. The molecule has 2 N–H and O–H groups in total. The van der Waals surface area contributed by atoms with Crippen molar-refractivity contribution in [2.24, 2.45) is 23.7 Å². The van der Waals surface area contributed by atoms with Gasteiger partial charge in [-0.2, -0.15) is 0 Å². The maximum absolute atomic E-state index is 11.5. The lowest BCUT2D eigenvalue weighted by Gasteiger charge is -2.60. The molecule has 0 saturated heterocycles. The van der Waals surface area contributed by atoms with E-state index in [2.05, 4.69) is 33.8 Å². The average molecular weight is 409 g/mol. The first-order chi connectivity index (χ1) is 14.7. The number of ether oxygens (including phenoxy) is 1. The largest absolute Gasteiger partial charge is 0.396 e. The summed E-state index contributed by atoms with van der Waals surface area (Å²) in [6.07, 6.45) is 10.9. The quantitative estimate of drug-likeness (QED) is 0.684. The number of nitrogens with zero attached hydrogens (tertiary/aromatic N) is 2. The molecule has 30 heavy (non-hydrogen) atoms. The second-order valence-corrected chi connectivity index (χ2v) is 10.2. The third-order valence-electron chi connectivity index (χ3n) is 8.51. The smallest absolute Gasteiger partial charge is 0.0956 e. The average Bonchev–Trinajstić information content (AvgIpc) is 3.30. The van der Waals surface area contributed by atoms with E-state index >= 15 is 0 Å². The van der Waals surface area contributed by atoms with Gasteiger partial charge in [-0.15, -0.1) is 0 Å². The number of aliphatic hydroxyl groups excluding tert-OH is 2. The van der Waals surface area contributed by atoms with Crippen molar-refractivity contribution in [1.29, 1.82) is 0 Å². The van der Waals surface area contributed by atoms with Crippen LogP contribution in [-0.4, -0.2) is 44.7 Å². The molecule has 2 aromatic rings. The fraction of sp³-hybridized carbons (Fsp3) is 0.640. The van der Waals surface area contributed by atoms with Gasteiger partial charge in [-0.3, -0.25) is 0 Å². The van der Waals surface area contributed by atoms with Gasteiger partial charge in [0.15, 0.2) is 0 Å². The molecule has 4 saturated carbocycles. The molecule has 1 aromatic heterocycles. The van der Waals surface area contributed by atoms with E-state index in [1.165, 1.54) is 36.1 Å². The number of imidazole rings is 1. The summed E-state index contributed by atoms with van der Waals surface area (Å²) in [6, 6.07) is 8.75. The van der Waals surface area contributed by atoms with E-state index in [1.54, 1.807) is 0 Å². The molecule has 0 spiro atoms. The Hall–Kier alpha value is -1.69. The Morgan fingerprint density at radius 1 is 1.17 bits per heavy atom. The predicted octanol–water partition coefficient (Wildman–Crippen LogP) is 3.80. The van der Waals surface area contributed by atoms with Gasteiger partial charge in [0.25, 0.3) is 0 Å². The molecule has 4 bridgehead atoms. The van der Waals surface area contributed by atoms with Gasteiger partial charge in [0, 0.05) is 18.8 Å². The van der Waals surface area contributed by atoms with Crippen LogP contribution in [0.1, 0.15) is 56.6 Å². The van der Waals surface area contributed by atoms with Gasteiger partial charge in [-0.05, 0) is 74.2 Å². The number of hydrogen-bond donors (Lipinski definition) is 2. The normalized spacial score (nSPS) is 36.7. The minimum Gasteiger partial charge on any atom is -0.396 e. The summed E-state index contributed by atoms with van der Waals surface area (Å²) in [7, 11) is 0. The van der Waals surface area contributed by atoms with Crippen LogP contribution in [0.25, 0.3) is 11.3 Å². The fourth-order valence-corrected chi connectivity index (χ4v) is 7.71. The van der Waals surface area contributed by atoms with Crippen molar-refractivity contribution in [3.8, 4) is 11.3 Å². The van der Waals surface area contributed by atoms with Gasteiger partial charge >= 0.3 is 0 Å². The van der Waals surface area contributed by atoms with Crippen molar-refractivity contribution in [3.05, 3.63) is 42.4 Å². The molecule has 5 heteroatoms. The maximum Gasteiger partial charge on any atom is 0.0956 e. The molecule has 3 unspecified atom stereocenters. The Morgan fingerprint density at radius 3 is 2.77 bits per heavy atom. The van der Waals surface area contributed by atoms with Crippen molar-refractivity contribution in [2.75, 3.05) is 13.2 Å². The summed E-state index contributed by atoms with van der Waals surface area (Å²) in [4.78, 5) is 4.38. The highest BCUT2D eigenvalue weighted by molar-refractivity contribution is 5.68. The third kappa shape index (κ3) is 2.89. The first-order valence-corrected chi connectivity index (χ1v) is 11.7. The van der Waals surface area contributed by atoms with Gasteiger partial charge in [0.05, 0.1) is 36.0 Å². The summed E-state index contributed by atoms with van der Waals surface area (Å²) in [5.41, 5.74) is 3.76. The lowest BCUT2D eigenvalue weighted by molar-refractivity contribution is -0.199. The molecule has 1 aromatic carbocycles. The SMILES string of the molecule is OCCCOC12CC3CC(C1)C([C@@H](O)CC1c4ccccc4-c4cncn41)C(C3)C2. The number of aromatic nitrogens is 2. The summed E-state index contributed by atoms with van der Waals surface area (Å²) >= 11 is 0. The molecule has 2 heterocycles.